The van der Waals surface area contributed by atoms with Gasteiger partial charge in [0.05, 0.1) is 17.1 Å². The van der Waals surface area contributed by atoms with Crippen molar-refractivity contribution in [3.05, 3.63) is 38.9 Å². The minimum absolute atomic E-state index is 0.0793. The maximum absolute atomic E-state index is 12.0. The van der Waals surface area contributed by atoms with E-state index in [9.17, 15) is 20.0 Å². The average molecular weight is 285 g/mol. The molecule has 2 N–H and O–H groups in total. The Balaban J connectivity index is 2.16. The van der Waals surface area contributed by atoms with Gasteiger partial charge >= 0.3 is 0 Å². The minimum atomic E-state index is -0.606. The topological polar surface area (TPSA) is 92.5 Å². The van der Waals surface area contributed by atoms with E-state index in [0.29, 0.717) is 0 Å². The number of hydrogen-bond donors (Lipinski definition) is 2. The molecule has 1 aliphatic rings. The number of carbonyl (C=O) groups excluding carboxylic acids is 1. The Hall–Kier alpha value is -1.66. The summed E-state index contributed by atoms with van der Waals surface area (Å²) < 4.78 is 0. The number of carbonyl (C=O) groups is 1. The fourth-order valence-electron chi connectivity index (χ4n) is 2.04. The lowest BCUT2D eigenvalue weighted by Gasteiger charge is -2.40. The second-order valence-corrected chi connectivity index (χ2v) is 5.08. The van der Waals surface area contributed by atoms with Crippen LogP contribution >= 0.6 is 11.6 Å². The third kappa shape index (κ3) is 2.69. The summed E-state index contributed by atoms with van der Waals surface area (Å²) in [6, 6.07) is 3.81. The molecule has 1 aromatic rings. The summed E-state index contributed by atoms with van der Waals surface area (Å²) in [6.45, 7) is -0.112. The highest BCUT2D eigenvalue weighted by atomic mass is 35.5. The van der Waals surface area contributed by atoms with Crippen molar-refractivity contribution >= 4 is 23.2 Å². The molecular weight excluding hydrogens is 272 g/mol. The standard InChI is InChI=1S/C12H13ClN2O4/c13-9-6-8(2-3-10(9)15(18)19)11(17)14-12(7-16)4-1-5-12/h2-3,6,16H,1,4-5,7H2,(H,14,17). The molecule has 0 aromatic heterocycles. The number of benzene rings is 1. The van der Waals surface area contributed by atoms with E-state index < -0.39 is 10.5 Å². The van der Waals surface area contributed by atoms with Gasteiger partial charge in [0.25, 0.3) is 11.6 Å². The van der Waals surface area contributed by atoms with Crippen LogP contribution in [0.25, 0.3) is 0 Å². The number of aliphatic hydroxyl groups is 1. The predicted octanol–water partition coefficient (Wildman–Crippen LogP) is 1.89. The molecule has 7 heteroatoms. The van der Waals surface area contributed by atoms with Crippen LogP contribution in [0.2, 0.25) is 5.02 Å². The number of aliphatic hydroxyl groups excluding tert-OH is 1. The van der Waals surface area contributed by atoms with Crippen LogP contribution in [0.3, 0.4) is 0 Å². The molecule has 102 valence electrons. The molecule has 0 radical (unpaired) electrons. The Labute approximate surface area is 114 Å². The summed E-state index contributed by atoms with van der Waals surface area (Å²) in [6.07, 6.45) is 2.42. The largest absolute Gasteiger partial charge is 0.394 e. The van der Waals surface area contributed by atoms with Crippen molar-refractivity contribution < 1.29 is 14.8 Å². The molecule has 0 unspecified atom stereocenters. The molecule has 1 fully saturated rings. The number of amides is 1. The molecule has 1 aromatic carbocycles. The van der Waals surface area contributed by atoms with Crippen LogP contribution in [0.4, 0.5) is 5.69 Å². The van der Waals surface area contributed by atoms with Gasteiger partial charge in [0.2, 0.25) is 0 Å². The first-order valence-corrected chi connectivity index (χ1v) is 6.22. The highest BCUT2D eigenvalue weighted by Gasteiger charge is 2.37. The normalized spacial score (nSPS) is 16.5. The molecule has 2 rings (SSSR count). The second kappa shape index (κ2) is 5.14. The predicted molar refractivity (Wildman–Crippen MR) is 69.2 cm³/mol. The summed E-state index contributed by atoms with van der Waals surface area (Å²) in [5.41, 5.74) is -0.542. The van der Waals surface area contributed by atoms with Gasteiger partial charge in [0.15, 0.2) is 0 Å². The molecule has 0 bridgehead atoms. The van der Waals surface area contributed by atoms with Crippen LogP contribution in [-0.2, 0) is 0 Å². The Kier molecular flexibility index (Phi) is 3.73. The summed E-state index contributed by atoms with van der Waals surface area (Å²) in [4.78, 5) is 22.0. The molecular formula is C12H13ClN2O4. The summed E-state index contributed by atoms with van der Waals surface area (Å²) >= 11 is 5.75. The van der Waals surface area contributed by atoms with Gasteiger partial charge in [-0.3, -0.25) is 14.9 Å². The SMILES string of the molecule is O=C(NC1(CO)CCC1)c1ccc([N+](=O)[O-])c(Cl)c1. The zero-order valence-electron chi connectivity index (χ0n) is 10.1. The van der Waals surface area contributed by atoms with Crippen molar-refractivity contribution in [3.63, 3.8) is 0 Å². The number of nitro benzene ring substituents is 1. The lowest BCUT2D eigenvalue weighted by molar-refractivity contribution is -0.384. The van der Waals surface area contributed by atoms with Gasteiger partial charge in [-0.05, 0) is 31.4 Å². The van der Waals surface area contributed by atoms with Crippen molar-refractivity contribution in [2.24, 2.45) is 0 Å². The van der Waals surface area contributed by atoms with Crippen molar-refractivity contribution in [2.45, 2.75) is 24.8 Å². The molecule has 0 aliphatic heterocycles. The van der Waals surface area contributed by atoms with E-state index in [-0.39, 0.29) is 28.8 Å². The number of nitro groups is 1. The van der Waals surface area contributed by atoms with Gasteiger partial charge < -0.3 is 10.4 Å². The highest BCUT2D eigenvalue weighted by Crippen LogP contribution is 2.32. The van der Waals surface area contributed by atoms with Crippen LogP contribution in [-0.4, -0.2) is 28.1 Å². The van der Waals surface area contributed by atoms with Gasteiger partial charge in [-0.1, -0.05) is 11.6 Å². The zero-order valence-corrected chi connectivity index (χ0v) is 10.8. The molecule has 0 heterocycles. The van der Waals surface area contributed by atoms with E-state index in [1.54, 1.807) is 0 Å². The lowest BCUT2D eigenvalue weighted by atomic mass is 9.77. The Bertz CT molecular complexity index is 523. The monoisotopic (exact) mass is 284 g/mol. The van der Waals surface area contributed by atoms with Crippen LogP contribution in [0.5, 0.6) is 0 Å². The van der Waals surface area contributed by atoms with E-state index in [0.717, 1.165) is 19.3 Å². The Morgan fingerprint density at radius 3 is 2.63 bits per heavy atom. The molecule has 0 spiro atoms. The summed E-state index contributed by atoms with van der Waals surface area (Å²) in [5.74, 6) is -0.384. The number of nitrogens with one attached hydrogen (secondary N) is 1. The minimum Gasteiger partial charge on any atom is -0.394 e. The van der Waals surface area contributed by atoms with E-state index in [4.69, 9.17) is 11.6 Å². The third-order valence-electron chi connectivity index (χ3n) is 3.40. The first-order chi connectivity index (χ1) is 8.97. The highest BCUT2D eigenvalue weighted by molar-refractivity contribution is 6.33. The molecule has 19 heavy (non-hydrogen) atoms. The van der Waals surface area contributed by atoms with Crippen molar-refractivity contribution in [1.82, 2.24) is 5.32 Å². The second-order valence-electron chi connectivity index (χ2n) is 4.67. The molecule has 1 saturated carbocycles. The van der Waals surface area contributed by atoms with Gasteiger partial charge in [-0.15, -0.1) is 0 Å². The summed E-state index contributed by atoms with van der Waals surface area (Å²) in [5, 5.41) is 22.6. The van der Waals surface area contributed by atoms with Crippen molar-refractivity contribution in [3.8, 4) is 0 Å². The third-order valence-corrected chi connectivity index (χ3v) is 3.70. The van der Waals surface area contributed by atoms with Gasteiger partial charge in [0.1, 0.15) is 5.02 Å². The molecule has 1 amide bonds. The number of halogens is 1. The van der Waals surface area contributed by atoms with E-state index >= 15 is 0 Å². The van der Waals surface area contributed by atoms with E-state index in [2.05, 4.69) is 5.32 Å². The zero-order chi connectivity index (χ0) is 14.0. The Morgan fingerprint density at radius 1 is 1.53 bits per heavy atom. The molecule has 0 saturated heterocycles. The number of nitrogens with zero attached hydrogens (tertiary/aromatic N) is 1. The number of hydrogen-bond acceptors (Lipinski definition) is 4. The average Bonchev–Trinajstić information content (AvgIpc) is 2.33. The first kappa shape index (κ1) is 13.8. The van der Waals surface area contributed by atoms with E-state index in [1.165, 1.54) is 18.2 Å². The van der Waals surface area contributed by atoms with Gasteiger partial charge in [-0.2, -0.15) is 0 Å². The summed E-state index contributed by atoms with van der Waals surface area (Å²) in [7, 11) is 0. The maximum atomic E-state index is 12.0. The Morgan fingerprint density at radius 2 is 2.21 bits per heavy atom. The van der Waals surface area contributed by atoms with Crippen LogP contribution < -0.4 is 5.32 Å². The van der Waals surface area contributed by atoms with Gasteiger partial charge in [0, 0.05) is 11.6 Å². The fraction of sp³-hybridized carbons (Fsp3) is 0.417. The first-order valence-electron chi connectivity index (χ1n) is 5.85. The quantitative estimate of drug-likeness (QED) is 0.652. The lowest BCUT2D eigenvalue weighted by Crippen LogP contribution is -2.56. The van der Waals surface area contributed by atoms with Crippen LogP contribution in [0.15, 0.2) is 18.2 Å². The molecule has 0 atom stereocenters. The fourth-order valence-corrected chi connectivity index (χ4v) is 2.28. The van der Waals surface area contributed by atoms with Gasteiger partial charge in [-0.25, -0.2) is 0 Å². The van der Waals surface area contributed by atoms with Crippen molar-refractivity contribution in [2.75, 3.05) is 6.61 Å². The van der Waals surface area contributed by atoms with E-state index in [1.807, 2.05) is 0 Å². The maximum Gasteiger partial charge on any atom is 0.287 e. The smallest absolute Gasteiger partial charge is 0.287 e. The van der Waals surface area contributed by atoms with Crippen molar-refractivity contribution in [1.29, 1.82) is 0 Å². The molecule has 6 nitrogen and oxygen atoms in total. The molecule has 1 aliphatic carbocycles. The number of rotatable bonds is 4. The van der Waals surface area contributed by atoms with Crippen LogP contribution in [0.1, 0.15) is 29.6 Å². The van der Waals surface area contributed by atoms with Crippen LogP contribution in [0, 0.1) is 10.1 Å².